The molecule has 2 aliphatic rings. The molecule has 0 spiro atoms. The van der Waals surface area contributed by atoms with Crippen LogP contribution >= 0.6 is 0 Å². The van der Waals surface area contributed by atoms with Gasteiger partial charge in [-0.05, 0) is 32.6 Å². The maximum absolute atomic E-state index is 12.9. The van der Waals surface area contributed by atoms with Gasteiger partial charge in [0.15, 0.2) is 5.69 Å². The molecule has 2 fully saturated rings. The molecular formula is C16H21N5O2. The highest BCUT2D eigenvalue weighted by molar-refractivity contribution is 5.94. The Balaban J connectivity index is 1.65. The maximum Gasteiger partial charge on any atom is 0.274 e. The maximum atomic E-state index is 12.9. The van der Waals surface area contributed by atoms with Crippen LogP contribution in [0.3, 0.4) is 0 Å². The van der Waals surface area contributed by atoms with E-state index in [2.05, 4.69) is 20.4 Å². The number of nitrogens with zero attached hydrogens (tertiary/aromatic N) is 4. The van der Waals surface area contributed by atoms with Crippen LogP contribution in [0, 0.1) is 26.7 Å². The molecule has 7 heteroatoms. The van der Waals surface area contributed by atoms with Crippen molar-refractivity contribution in [3.05, 3.63) is 28.7 Å². The van der Waals surface area contributed by atoms with E-state index in [9.17, 15) is 4.79 Å². The van der Waals surface area contributed by atoms with E-state index in [4.69, 9.17) is 4.42 Å². The average Bonchev–Trinajstić information content (AvgIpc) is 3.23. The third kappa shape index (κ3) is 2.02. The average molecular weight is 315 g/mol. The van der Waals surface area contributed by atoms with Gasteiger partial charge in [-0.3, -0.25) is 9.89 Å². The Morgan fingerprint density at radius 2 is 2.17 bits per heavy atom. The van der Waals surface area contributed by atoms with Crippen molar-refractivity contribution in [2.24, 2.45) is 5.92 Å². The second-order valence-electron chi connectivity index (χ2n) is 6.88. The predicted octanol–water partition coefficient (Wildman–Crippen LogP) is 1.91. The van der Waals surface area contributed by atoms with Crippen LogP contribution < -0.4 is 0 Å². The molecule has 2 aromatic rings. The van der Waals surface area contributed by atoms with E-state index < -0.39 is 0 Å². The fourth-order valence-electron chi connectivity index (χ4n) is 4.13. The van der Waals surface area contributed by atoms with E-state index in [1.54, 1.807) is 0 Å². The molecular weight excluding hydrogens is 294 g/mol. The molecule has 1 aliphatic heterocycles. The molecule has 0 aromatic carbocycles. The third-order valence-corrected chi connectivity index (χ3v) is 5.57. The zero-order chi connectivity index (χ0) is 16.2. The van der Waals surface area contributed by atoms with Crippen LogP contribution in [0.1, 0.15) is 52.8 Å². The predicted molar refractivity (Wildman–Crippen MR) is 82.0 cm³/mol. The van der Waals surface area contributed by atoms with Crippen molar-refractivity contribution in [3.8, 4) is 0 Å². The number of aryl methyl sites for hydroxylation is 2. The summed E-state index contributed by atoms with van der Waals surface area (Å²) in [6, 6.07) is 0. The highest BCUT2D eigenvalue weighted by Crippen LogP contribution is 2.50. The SMILES string of the molecule is Cc1nnc([C@]23CCC[C@H]2CN(C(=O)c2n[nH]c(C)c2C)C3)o1. The highest BCUT2D eigenvalue weighted by Gasteiger charge is 2.55. The Kier molecular flexibility index (Phi) is 3.08. The van der Waals surface area contributed by atoms with Crippen molar-refractivity contribution in [3.63, 3.8) is 0 Å². The Labute approximate surface area is 134 Å². The summed E-state index contributed by atoms with van der Waals surface area (Å²) >= 11 is 0. The summed E-state index contributed by atoms with van der Waals surface area (Å²) in [5.41, 5.74) is 2.22. The Hall–Kier alpha value is -2.18. The lowest BCUT2D eigenvalue weighted by Gasteiger charge is -2.24. The number of hydrogen-bond donors (Lipinski definition) is 1. The van der Waals surface area contributed by atoms with Gasteiger partial charge in [-0.2, -0.15) is 5.10 Å². The molecule has 1 N–H and O–H groups in total. The number of carbonyl (C=O) groups excluding carboxylic acids is 1. The topological polar surface area (TPSA) is 87.9 Å². The van der Waals surface area contributed by atoms with Gasteiger partial charge >= 0.3 is 0 Å². The largest absolute Gasteiger partial charge is 0.425 e. The molecule has 2 atom stereocenters. The van der Waals surface area contributed by atoms with Gasteiger partial charge in [0.1, 0.15) is 0 Å². The van der Waals surface area contributed by atoms with E-state index in [1.165, 1.54) is 0 Å². The van der Waals surface area contributed by atoms with Crippen LogP contribution in [0.5, 0.6) is 0 Å². The van der Waals surface area contributed by atoms with Crippen LogP contribution in [-0.4, -0.2) is 44.3 Å². The van der Waals surface area contributed by atoms with Crippen molar-refractivity contribution in [1.82, 2.24) is 25.3 Å². The molecule has 1 saturated heterocycles. The van der Waals surface area contributed by atoms with Gasteiger partial charge in [-0.1, -0.05) is 6.42 Å². The molecule has 0 unspecified atom stereocenters. The fourth-order valence-corrected chi connectivity index (χ4v) is 4.13. The van der Waals surface area contributed by atoms with Gasteiger partial charge in [0.2, 0.25) is 11.8 Å². The highest BCUT2D eigenvalue weighted by atomic mass is 16.4. The zero-order valence-electron chi connectivity index (χ0n) is 13.7. The Morgan fingerprint density at radius 1 is 1.35 bits per heavy atom. The number of aromatic amines is 1. The number of rotatable bonds is 2. The first-order valence-corrected chi connectivity index (χ1v) is 8.13. The van der Waals surface area contributed by atoms with E-state index >= 15 is 0 Å². The summed E-state index contributed by atoms with van der Waals surface area (Å²) in [5.74, 6) is 1.68. The van der Waals surface area contributed by atoms with Crippen molar-refractivity contribution >= 4 is 5.91 Å². The van der Waals surface area contributed by atoms with Gasteiger partial charge in [-0.15, -0.1) is 10.2 Å². The first kappa shape index (κ1) is 14.4. The van der Waals surface area contributed by atoms with Gasteiger partial charge in [0.25, 0.3) is 5.91 Å². The standard InChI is InChI=1S/C16H21N5O2/c1-9-10(2)17-19-13(9)14(22)21-7-12-5-4-6-16(12,8-21)15-20-18-11(3)23-15/h12H,4-8H2,1-3H3,(H,17,19)/t12-,16-/m0/s1. The van der Waals surface area contributed by atoms with Gasteiger partial charge in [-0.25, -0.2) is 0 Å². The minimum absolute atomic E-state index is 0.00291. The van der Waals surface area contributed by atoms with Crippen LogP contribution in [0.4, 0.5) is 0 Å². The number of amides is 1. The number of likely N-dealkylation sites (tertiary alicyclic amines) is 1. The second-order valence-corrected chi connectivity index (χ2v) is 6.88. The molecule has 2 aromatic heterocycles. The van der Waals surface area contributed by atoms with Crippen molar-refractivity contribution in [2.45, 2.75) is 45.4 Å². The number of hydrogen-bond acceptors (Lipinski definition) is 5. The minimum atomic E-state index is -0.170. The van der Waals surface area contributed by atoms with E-state index in [1.807, 2.05) is 25.7 Å². The van der Waals surface area contributed by atoms with E-state index in [-0.39, 0.29) is 11.3 Å². The Morgan fingerprint density at radius 3 is 2.83 bits per heavy atom. The smallest absolute Gasteiger partial charge is 0.274 e. The molecule has 1 amide bonds. The number of fused-ring (bicyclic) bond motifs is 1. The summed E-state index contributed by atoms with van der Waals surface area (Å²) in [7, 11) is 0. The summed E-state index contributed by atoms with van der Waals surface area (Å²) in [6.07, 6.45) is 3.25. The fraction of sp³-hybridized carbons (Fsp3) is 0.625. The van der Waals surface area contributed by atoms with Crippen LogP contribution in [0.2, 0.25) is 0 Å². The van der Waals surface area contributed by atoms with Gasteiger partial charge < -0.3 is 9.32 Å². The second kappa shape index (κ2) is 4.91. The molecule has 122 valence electrons. The Bertz CT molecular complexity index is 764. The zero-order valence-corrected chi connectivity index (χ0v) is 13.7. The van der Waals surface area contributed by atoms with Gasteiger partial charge in [0.05, 0.1) is 5.41 Å². The first-order valence-electron chi connectivity index (χ1n) is 8.13. The molecule has 1 saturated carbocycles. The lowest BCUT2D eigenvalue weighted by molar-refractivity contribution is 0.0769. The van der Waals surface area contributed by atoms with E-state index in [0.717, 1.165) is 37.1 Å². The summed E-state index contributed by atoms with van der Waals surface area (Å²) < 4.78 is 5.75. The lowest BCUT2D eigenvalue weighted by atomic mass is 9.80. The molecule has 7 nitrogen and oxygen atoms in total. The van der Waals surface area contributed by atoms with E-state index in [0.29, 0.717) is 29.9 Å². The third-order valence-electron chi connectivity index (χ3n) is 5.57. The molecule has 1 aliphatic carbocycles. The molecule has 4 rings (SSSR count). The number of aromatic nitrogens is 4. The monoisotopic (exact) mass is 315 g/mol. The van der Waals surface area contributed by atoms with Gasteiger partial charge in [0, 0.05) is 31.3 Å². The molecule has 0 bridgehead atoms. The lowest BCUT2D eigenvalue weighted by Crippen LogP contribution is -2.35. The minimum Gasteiger partial charge on any atom is -0.425 e. The van der Waals surface area contributed by atoms with Crippen LogP contribution in [-0.2, 0) is 5.41 Å². The molecule has 0 radical (unpaired) electrons. The van der Waals surface area contributed by atoms with Crippen molar-refractivity contribution < 1.29 is 9.21 Å². The van der Waals surface area contributed by atoms with Crippen LogP contribution in [0.25, 0.3) is 0 Å². The molecule has 23 heavy (non-hydrogen) atoms. The first-order chi connectivity index (χ1) is 11.0. The number of nitrogens with one attached hydrogen (secondary N) is 1. The van der Waals surface area contributed by atoms with Crippen molar-refractivity contribution in [1.29, 1.82) is 0 Å². The summed E-state index contributed by atoms with van der Waals surface area (Å²) in [5, 5.41) is 15.4. The number of carbonyl (C=O) groups is 1. The number of H-pyrrole nitrogens is 1. The van der Waals surface area contributed by atoms with Crippen LogP contribution in [0.15, 0.2) is 4.42 Å². The van der Waals surface area contributed by atoms with Crippen molar-refractivity contribution in [2.75, 3.05) is 13.1 Å². The molecule has 3 heterocycles. The quantitative estimate of drug-likeness (QED) is 0.914. The summed E-state index contributed by atoms with van der Waals surface area (Å²) in [4.78, 5) is 14.8. The normalized spacial score (nSPS) is 26.7. The summed E-state index contributed by atoms with van der Waals surface area (Å²) in [6.45, 7) is 7.06.